The third kappa shape index (κ3) is 6.40. The molecule has 0 unspecified atom stereocenters. The molecule has 1 aromatic carbocycles. The van der Waals surface area contributed by atoms with Gasteiger partial charge in [0.05, 0.1) is 12.8 Å². The lowest BCUT2D eigenvalue weighted by molar-refractivity contribution is -0.140. The van der Waals surface area contributed by atoms with E-state index in [1.54, 1.807) is 0 Å². The van der Waals surface area contributed by atoms with Crippen molar-refractivity contribution in [2.75, 3.05) is 12.5 Å². The van der Waals surface area contributed by atoms with Crippen molar-refractivity contribution >= 4 is 17.6 Å². The van der Waals surface area contributed by atoms with Crippen LogP contribution in [0.5, 0.6) is 0 Å². The Morgan fingerprint density at radius 2 is 1.79 bits per heavy atom. The molecule has 0 fully saturated rings. The molecular formula is C13H17FN2O3. The highest BCUT2D eigenvalue weighted by Crippen LogP contribution is 2.07. The van der Waals surface area contributed by atoms with Crippen LogP contribution in [-0.4, -0.2) is 19.0 Å². The van der Waals surface area contributed by atoms with Crippen molar-refractivity contribution < 1.29 is 18.7 Å². The molecule has 0 aliphatic heterocycles. The molecule has 0 saturated heterocycles. The van der Waals surface area contributed by atoms with Crippen LogP contribution in [0.15, 0.2) is 24.3 Å². The molecule has 0 saturated carbocycles. The van der Waals surface area contributed by atoms with E-state index in [0.29, 0.717) is 31.4 Å². The predicted octanol–water partition coefficient (Wildman–Crippen LogP) is 2.00. The fraction of sp³-hybridized carbons (Fsp3) is 0.385. The van der Waals surface area contributed by atoms with Crippen LogP contribution in [0.4, 0.5) is 10.1 Å². The van der Waals surface area contributed by atoms with Gasteiger partial charge in [0, 0.05) is 12.8 Å². The van der Waals surface area contributed by atoms with Gasteiger partial charge in [0.25, 0.3) is 0 Å². The third-order valence-electron chi connectivity index (χ3n) is 2.45. The summed E-state index contributed by atoms with van der Waals surface area (Å²) in [6.45, 7) is 0. The predicted molar refractivity (Wildman–Crippen MR) is 68.6 cm³/mol. The number of carbonyl (C=O) groups excluding carboxylic acids is 2. The average molecular weight is 268 g/mol. The lowest BCUT2D eigenvalue weighted by Gasteiger charge is -2.08. The summed E-state index contributed by atoms with van der Waals surface area (Å²) in [6, 6.07) is 5.63. The van der Waals surface area contributed by atoms with Gasteiger partial charge in [-0.05, 0) is 37.1 Å². The number of methoxy groups -OCH3 is 1. The molecule has 5 nitrogen and oxygen atoms in total. The van der Waals surface area contributed by atoms with Gasteiger partial charge in [-0.15, -0.1) is 0 Å². The fourth-order valence-corrected chi connectivity index (χ4v) is 1.39. The van der Waals surface area contributed by atoms with Crippen LogP contribution in [0.2, 0.25) is 0 Å². The molecule has 0 heterocycles. The maximum Gasteiger partial charge on any atom is 0.305 e. The molecular weight excluding hydrogens is 251 g/mol. The number of halogens is 1. The van der Waals surface area contributed by atoms with Crippen molar-refractivity contribution in [3.8, 4) is 0 Å². The van der Waals surface area contributed by atoms with E-state index in [1.807, 2.05) is 0 Å². The number of hydrazine groups is 1. The van der Waals surface area contributed by atoms with Crippen LogP contribution < -0.4 is 10.9 Å². The number of anilines is 1. The van der Waals surface area contributed by atoms with Gasteiger partial charge >= 0.3 is 5.97 Å². The molecule has 6 heteroatoms. The van der Waals surface area contributed by atoms with E-state index in [9.17, 15) is 14.0 Å². The van der Waals surface area contributed by atoms with E-state index in [1.165, 1.54) is 31.4 Å². The van der Waals surface area contributed by atoms with Crippen LogP contribution in [0.3, 0.4) is 0 Å². The summed E-state index contributed by atoms with van der Waals surface area (Å²) >= 11 is 0. The van der Waals surface area contributed by atoms with Crippen molar-refractivity contribution in [2.24, 2.45) is 0 Å². The van der Waals surface area contributed by atoms with E-state index in [-0.39, 0.29) is 17.7 Å². The average Bonchev–Trinajstić information content (AvgIpc) is 2.42. The minimum atomic E-state index is -0.334. The van der Waals surface area contributed by atoms with Gasteiger partial charge in [0.15, 0.2) is 0 Å². The smallest absolute Gasteiger partial charge is 0.305 e. The first-order valence-electron chi connectivity index (χ1n) is 5.99. The van der Waals surface area contributed by atoms with Crippen LogP contribution >= 0.6 is 0 Å². The maximum atomic E-state index is 12.6. The SMILES string of the molecule is COC(=O)CCCCC(=O)NNc1ccc(F)cc1. The van der Waals surface area contributed by atoms with Gasteiger partial charge in [0.2, 0.25) is 5.91 Å². The van der Waals surface area contributed by atoms with E-state index in [0.717, 1.165) is 0 Å². The second-order valence-electron chi connectivity index (χ2n) is 3.96. The Hall–Kier alpha value is -2.11. The molecule has 0 bridgehead atoms. The van der Waals surface area contributed by atoms with E-state index < -0.39 is 0 Å². The molecule has 0 radical (unpaired) electrons. The molecule has 0 spiro atoms. The van der Waals surface area contributed by atoms with Crippen LogP contribution in [-0.2, 0) is 14.3 Å². The van der Waals surface area contributed by atoms with Gasteiger partial charge in [0.1, 0.15) is 5.82 Å². The lowest BCUT2D eigenvalue weighted by Crippen LogP contribution is -2.29. The van der Waals surface area contributed by atoms with E-state index >= 15 is 0 Å². The maximum absolute atomic E-state index is 12.6. The Kier molecular flexibility index (Phi) is 6.35. The number of rotatable bonds is 7. The highest BCUT2D eigenvalue weighted by Gasteiger charge is 2.03. The Morgan fingerprint density at radius 3 is 2.42 bits per heavy atom. The molecule has 1 aromatic rings. The van der Waals surface area contributed by atoms with Crippen molar-refractivity contribution in [1.29, 1.82) is 0 Å². The van der Waals surface area contributed by atoms with Crippen molar-refractivity contribution in [3.63, 3.8) is 0 Å². The standard InChI is InChI=1S/C13H17FN2O3/c1-19-13(18)5-3-2-4-12(17)16-15-11-8-6-10(14)7-9-11/h6-9,15H,2-5H2,1H3,(H,16,17). The number of amides is 1. The zero-order chi connectivity index (χ0) is 14.1. The van der Waals surface area contributed by atoms with Gasteiger partial charge in [-0.1, -0.05) is 0 Å². The summed E-state index contributed by atoms with van der Waals surface area (Å²) in [5.41, 5.74) is 5.77. The monoisotopic (exact) mass is 268 g/mol. The molecule has 0 aliphatic carbocycles. The Bertz CT molecular complexity index is 420. The number of esters is 1. The molecule has 0 aliphatic rings. The largest absolute Gasteiger partial charge is 0.469 e. The Labute approximate surface area is 111 Å². The van der Waals surface area contributed by atoms with Crippen LogP contribution in [0.1, 0.15) is 25.7 Å². The topological polar surface area (TPSA) is 67.4 Å². The molecule has 104 valence electrons. The highest BCUT2D eigenvalue weighted by atomic mass is 19.1. The van der Waals surface area contributed by atoms with Gasteiger partial charge in [-0.3, -0.25) is 20.4 Å². The normalized spacial score (nSPS) is 9.79. The quantitative estimate of drug-likeness (QED) is 0.451. The zero-order valence-electron chi connectivity index (χ0n) is 10.7. The van der Waals surface area contributed by atoms with Crippen molar-refractivity contribution in [3.05, 3.63) is 30.1 Å². The second-order valence-corrected chi connectivity index (χ2v) is 3.96. The first kappa shape index (κ1) is 14.9. The number of hydrogen-bond acceptors (Lipinski definition) is 4. The lowest BCUT2D eigenvalue weighted by atomic mass is 10.2. The number of ether oxygens (including phenoxy) is 1. The van der Waals surface area contributed by atoms with Crippen LogP contribution in [0.25, 0.3) is 0 Å². The van der Waals surface area contributed by atoms with Gasteiger partial charge in [-0.2, -0.15) is 0 Å². The number of carbonyl (C=O) groups is 2. The van der Waals surface area contributed by atoms with Crippen molar-refractivity contribution in [2.45, 2.75) is 25.7 Å². The second kappa shape index (κ2) is 8.07. The summed E-state index contributed by atoms with van der Waals surface area (Å²) in [5, 5.41) is 0. The molecule has 2 N–H and O–H groups in total. The minimum absolute atomic E-state index is 0.186. The van der Waals surface area contributed by atoms with Gasteiger partial charge < -0.3 is 4.74 Å². The first-order chi connectivity index (χ1) is 9.11. The Morgan fingerprint density at radius 1 is 1.16 bits per heavy atom. The number of unbranched alkanes of at least 4 members (excludes halogenated alkanes) is 1. The number of nitrogens with one attached hydrogen (secondary N) is 2. The summed E-state index contributed by atoms with van der Waals surface area (Å²) in [7, 11) is 1.33. The van der Waals surface area contributed by atoms with Crippen molar-refractivity contribution in [1.82, 2.24) is 5.43 Å². The Balaban J connectivity index is 2.14. The fourth-order valence-electron chi connectivity index (χ4n) is 1.39. The summed E-state index contributed by atoms with van der Waals surface area (Å²) in [6.07, 6.45) is 1.84. The third-order valence-corrected chi connectivity index (χ3v) is 2.45. The molecule has 0 aromatic heterocycles. The number of benzene rings is 1. The van der Waals surface area contributed by atoms with E-state index in [4.69, 9.17) is 0 Å². The van der Waals surface area contributed by atoms with E-state index in [2.05, 4.69) is 15.6 Å². The highest BCUT2D eigenvalue weighted by molar-refractivity contribution is 5.77. The zero-order valence-corrected chi connectivity index (χ0v) is 10.7. The number of hydrogen-bond donors (Lipinski definition) is 2. The minimum Gasteiger partial charge on any atom is -0.469 e. The first-order valence-corrected chi connectivity index (χ1v) is 5.99. The molecule has 19 heavy (non-hydrogen) atoms. The van der Waals surface area contributed by atoms with Crippen LogP contribution in [0, 0.1) is 5.82 Å². The summed E-state index contributed by atoms with van der Waals surface area (Å²) < 4.78 is 17.1. The summed E-state index contributed by atoms with van der Waals surface area (Å²) in [4.78, 5) is 22.3. The van der Waals surface area contributed by atoms with Gasteiger partial charge in [-0.25, -0.2) is 4.39 Å². The summed E-state index contributed by atoms with van der Waals surface area (Å²) in [5.74, 6) is -0.793. The molecule has 1 amide bonds. The molecule has 0 atom stereocenters. The molecule has 1 rings (SSSR count).